The minimum absolute atomic E-state index is 0.0424. The Morgan fingerprint density at radius 1 is 0.938 bits per heavy atom. The van der Waals surface area contributed by atoms with E-state index in [0.717, 1.165) is 12.8 Å². The quantitative estimate of drug-likeness (QED) is 0.753. The molecule has 0 aliphatic carbocycles. The van der Waals surface area contributed by atoms with Gasteiger partial charge in [0.2, 0.25) is 11.8 Å². The lowest BCUT2D eigenvalue weighted by molar-refractivity contribution is -0.139. The average Bonchev–Trinajstić information content (AvgIpc) is 2.29. The van der Waals surface area contributed by atoms with Gasteiger partial charge in [0.05, 0.1) is 0 Å². The van der Waals surface area contributed by atoms with Gasteiger partial charge in [-0.3, -0.25) is 9.59 Å². The highest BCUT2D eigenvalue weighted by molar-refractivity contribution is 5.97. The molecule has 4 atom stereocenters. The molecule has 0 aromatic heterocycles. The summed E-state index contributed by atoms with van der Waals surface area (Å²) in [7, 11) is 0. The topological polar surface area (TPSA) is 58.2 Å². The number of amides is 2. The molecule has 1 aliphatic rings. The van der Waals surface area contributed by atoms with Crippen molar-refractivity contribution in [2.75, 3.05) is 0 Å². The minimum Gasteiger partial charge on any atom is -0.342 e. The van der Waals surface area contributed by atoms with Gasteiger partial charge in [0.15, 0.2) is 0 Å². The van der Waals surface area contributed by atoms with Gasteiger partial charge >= 0.3 is 0 Å². The molecule has 1 fully saturated rings. The minimum atomic E-state index is -0.363. The Bertz CT molecular complexity index is 250. The van der Waals surface area contributed by atoms with Crippen LogP contribution in [0.3, 0.4) is 0 Å². The van der Waals surface area contributed by atoms with Crippen LogP contribution in [0.25, 0.3) is 0 Å². The van der Waals surface area contributed by atoms with Crippen LogP contribution in [0.2, 0.25) is 0 Å². The Hall–Kier alpha value is -1.06. The summed E-state index contributed by atoms with van der Waals surface area (Å²) in [5.74, 6) is 0.280. The summed E-state index contributed by atoms with van der Waals surface area (Å²) in [6.07, 6.45) is 1.76. The molecule has 16 heavy (non-hydrogen) atoms. The number of hydrogen-bond donors (Lipinski definition) is 2. The van der Waals surface area contributed by atoms with Crippen molar-refractivity contribution in [2.24, 2.45) is 11.8 Å². The second kappa shape index (κ2) is 5.32. The molecule has 0 aromatic rings. The molecule has 1 heterocycles. The van der Waals surface area contributed by atoms with Crippen molar-refractivity contribution in [3.63, 3.8) is 0 Å². The summed E-state index contributed by atoms with van der Waals surface area (Å²) in [4.78, 5) is 23.7. The fourth-order valence-corrected chi connectivity index (χ4v) is 1.89. The number of nitrogens with one attached hydrogen (secondary N) is 2. The van der Waals surface area contributed by atoms with E-state index in [9.17, 15) is 9.59 Å². The van der Waals surface area contributed by atoms with Crippen molar-refractivity contribution in [2.45, 2.75) is 52.6 Å². The predicted octanol–water partition coefficient (Wildman–Crippen LogP) is 1.06. The molecule has 0 saturated carbocycles. The van der Waals surface area contributed by atoms with Crippen LogP contribution in [-0.4, -0.2) is 23.9 Å². The number of carbonyl (C=O) groups excluding carboxylic acids is 2. The van der Waals surface area contributed by atoms with Crippen molar-refractivity contribution in [3.8, 4) is 0 Å². The van der Waals surface area contributed by atoms with E-state index in [0.29, 0.717) is 0 Å². The van der Waals surface area contributed by atoms with Gasteiger partial charge in [0, 0.05) is 0 Å². The van der Waals surface area contributed by atoms with Crippen LogP contribution in [0.15, 0.2) is 0 Å². The van der Waals surface area contributed by atoms with E-state index in [1.807, 2.05) is 27.7 Å². The summed E-state index contributed by atoms with van der Waals surface area (Å²) in [6.45, 7) is 8.00. The van der Waals surface area contributed by atoms with E-state index in [-0.39, 0.29) is 35.7 Å². The van der Waals surface area contributed by atoms with Crippen LogP contribution in [0, 0.1) is 11.8 Å². The zero-order valence-corrected chi connectivity index (χ0v) is 10.5. The largest absolute Gasteiger partial charge is 0.342 e. The van der Waals surface area contributed by atoms with E-state index in [1.54, 1.807) is 0 Å². The molecule has 0 radical (unpaired) electrons. The smallest absolute Gasteiger partial charge is 0.243 e. The Morgan fingerprint density at radius 3 is 1.50 bits per heavy atom. The second-order valence-electron chi connectivity index (χ2n) is 4.74. The van der Waals surface area contributed by atoms with Gasteiger partial charge in [0.25, 0.3) is 0 Å². The van der Waals surface area contributed by atoms with Gasteiger partial charge in [-0.05, 0) is 11.8 Å². The SMILES string of the molecule is CC[C@@H](C)[C@H]1NC(=O)[C@@H]([C@@H](C)CC)NC1=O. The Balaban J connectivity index is 2.71. The van der Waals surface area contributed by atoms with Gasteiger partial charge in [-0.25, -0.2) is 0 Å². The second-order valence-corrected chi connectivity index (χ2v) is 4.74. The van der Waals surface area contributed by atoms with Crippen LogP contribution in [0.4, 0.5) is 0 Å². The van der Waals surface area contributed by atoms with Gasteiger partial charge in [-0.1, -0.05) is 40.5 Å². The molecule has 0 aromatic carbocycles. The zero-order chi connectivity index (χ0) is 12.3. The Labute approximate surface area is 97.2 Å². The lowest BCUT2D eigenvalue weighted by Crippen LogP contribution is -2.65. The number of carbonyl (C=O) groups is 2. The monoisotopic (exact) mass is 226 g/mol. The maximum Gasteiger partial charge on any atom is 0.243 e. The number of hydrogen-bond acceptors (Lipinski definition) is 2. The highest BCUT2D eigenvalue weighted by Gasteiger charge is 2.37. The van der Waals surface area contributed by atoms with E-state index in [1.165, 1.54) is 0 Å². The first-order valence-corrected chi connectivity index (χ1v) is 6.12. The van der Waals surface area contributed by atoms with Crippen molar-refractivity contribution >= 4 is 11.8 Å². The summed E-state index contributed by atoms with van der Waals surface area (Å²) in [6, 6.07) is -0.726. The van der Waals surface area contributed by atoms with Crippen LogP contribution in [0.5, 0.6) is 0 Å². The molecular weight excluding hydrogens is 204 g/mol. The average molecular weight is 226 g/mol. The summed E-state index contributed by atoms with van der Waals surface area (Å²) in [5, 5.41) is 5.66. The van der Waals surface area contributed by atoms with Crippen LogP contribution in [0.1, 0.15) is 40.5 Å². The first-order chi connectivity index (χ1) is 7.51. The highest BCUT2D eigenvalue weighted by atomic mass is 16.2. The summed E-state index contributed by atoms with van der Waals surface area (Å²) >= 11 is 0. The van der Waals surface area contributed by atoms with Crippen molar-refractivity contribution in [3.05, 3.63) is 0 Å². The predicted molar refractivity (Wildman–Crippen MR) is 62.8 cm³/mol. The molecule has 1 rings (SSSR count). The number of piperazine rings is 1. The number of rotatable bonds is 4. The van der Waals surface area contributed by atoms with E-state index in [2.05, 4.69) is 10.6 Å². The van der Waals surface area contributed by atoms with Gasteiger partial charge in [-0.2, -0.15) is 0 Å². The maximum atomic E-state index is 11.8. The van der Waals surface area contributed by atoms with Crippen molar-refractivity contribution < 1.29 is 9.59 Å². The molecule has 2 amide bonds. The fourth-order valence-electron chi connectivity index (χ4n) is 1.89. The maximum absolute atomic E-state index is 11.8. The van der Waals surface area contributed by atoms with E-state index < -0.39 is 0 Å². The molecule has 2 N–H and O–H groups in total. The Morgan fingerprint density at radius 2 is 1.25 bits per heavy atom. The molecule has 0 bridgehead atoms. The molecule has 4 heteroatoms. The molecule has 0 spiro atoms. The Kier molecular flexibility index (Phi) is 4.33. The zero-order valence-electron chi connectivity index (χ0n) is 10.5. The lowest BCUT2D eigenvalue weighted by Gasteiger charge is -2.34. The summed E-state index contributed by atoms with van der Waals surface area (Å²) < 4.78 is 0. The van der Waals surface area contributed by atoms with Crippen LogP contribution >= 0.6 is 0 Å². The highest BCUT2D eigenvalue weighted by Crippen LogP contribution is 2.16. The first-order valence-electron chi connectivity index (χ1n) is 6.12. The van der Waals surface area contributed by atoms with Crippen LogP contribution < -0.4 is 10.6 Å². The summed E-state index contributed by atoms with van der Waals surface area (Å²) in [5.41, 5.74) is 0. The third-order valence-electron chi connectivity index (χ3n) is 3.59. The normalized spacial score (nSPS) is 29.2. The molecule has 1 aliphatic heterocycles. The third-order valence-corrected chi connectivity index (χ3v) is 3.59. The molecular formula is C12H22N2O2. The molecule has 1 saturated heterocycles. The third kappa shape index (κ3) is 2.54. The van der Waals surface area contributed by atoms with Crippen molar-refractivity contribution in [1.82, 2.24) is 10.6 Å². The lowest BCUT2D eigenvalue weighted by atomic mass is 9.91. The van der Waals surface area contributed by atoms with Gasteiger partial charge in [-0.15, -0.1) is 0 Å². The van der Waals surface area contributed by atoms with Gasteiger partial charge < -0.3 is 10.6 Å². The van der Waals surface area contributed by atoms with E-state index in [4.69, 9.17) is 0 Å². The fraction of sp³-hybridized carbons (Fsp3) is 0.833. The van der Waals surface area contributed by atoms with Gasteiger partial charge in [0.1, 0.15) is 12.1 Å². The van der Waals surface area contributed by atoms with E-state index >= 15 is 0 Å². The molecule has 0 unspecified atom stereocenters. The molecule has 92 valence electrons. The molecule has 4 nitrogen and oxygen atoms in total. The standard InChI is InChI=1S/C12H22N2O2/c1-5-7(3)9-11(15)14-10(8(4)6-2)12(16)13-9/h7-10H,5-6H2,1-4H3,(H,13,16)(H,14,15)/t7-,8+,9-,10-/m1/s1. The first kappa shape index (κ1) is 13.0. The van der Waals surface area contributed by atoms with Crippen LogP contribution in [-0.2, 0) is 9.59 Å². The van der Waals surface area contributed by atoms with Crippen molar-refractivity contribution in [1.29, 1.82) is 0 Å².